The van der Waals surface area contributed by atoms with E-state index in [1.165, 1.54) is 0 Å². The minimum absolute atomic E-state index is 0.267. The quantitative estimate of drug-likeness (QED) is 0.681. The van der Waals surface area contributed by atoms with Gasteiger partial charge < -0.3 is 4.74 Å². The highest BCUT2D eigenvalue weighted by atomic mass is 35.5. The molecule has 0 amide bonds. The zero-order valence-electron chi connectivity index (χ0n) is 11.6. The molecule has 3 aromatic rings. The molecule has 0 aliphatic carbocycles. The molecule has 4 nitrogen and oxygen atoms in total. The molecule has 0 unspecified atom stereocenters. The van der Waals surface area contributed by atoms with Crippen LogP contribution in [0, 0.1) is 6.92 Å². The van der Waals surface area contributed by atoms with Crippen molar-refractivity contribution < 1.29 is 4.74 Å². The number of rotatable bonds is 3. The van der Waals surface area contributed by atoms with Crippen LogP contribution in [0.4, 0.5) is 0 Å². The Labute approximate surface area is 132 Å². The topological polar surface area (TPSA) is 39.9 Å². The van der Waals surface area contributed by atoms with Crippen molar-refractivity contribution >= 4 is 34.4 Å². The van der Waals surface area contributed by atoms with Crippen LogP contribution in [-0.4, -0.2) is 21.6 Å². The molecule has 0 spiro atoms. The highest BCUT2D eigenvalue weighted by Gasteiger charge is 2.16. The van der Waals surface area contributed by atoms with Gasteiger partial charge in [-0.1, -0.05) is 11.6 Å². The van der Waals surface area contributed by atoms with Gasteiger partial charge in [0.2, 0.25) is 0 Å². The summed E-state index contributed by atoms with van der Waals surface area (Å²) >= 11 is 12.4. The lowest BCUT2D eigenvalue weighted by Crippen LogP contribution is -2.02. The van der Waals surface area contributed by atoms with Gasteiger partial charge in [-0.05, 0) is 31.2 Å². The number of imidazole rings is 1. The van der Waals surface area contributed by atoms with Crippen LogP contribution < -0.4 is 4.74 Å². The lowest BCUT2D eigenvalue weighted by Gasteiger charge is -2.11. The number of alkyl halides is 1. The third-order valence-corrected chi connectivity index (χ3v) is 3.79. The predicted octanol–water partition coefficient (Wildman–Crippen LogP) is 4.13. The summed E-state index contributed by atoms with van der Waals surface area (Å²) in [7, 11) is 1.61. The van der Waals surface area contributed by atoms with Gasteiger partial charge >= 0.3 is 0 Å². The lowest BCUT2D eigenvalue weighted by atomic mass is 10.3. The maximum atomic E-state index is 6.34. The molecule has 0 aliphatic rings. The molecule has 0 N–H and O–H groups in total. The van der Waals surface area contributed by atoms with E-state index in [9.17, 15) is 0 Å². The van der Waals surface area contributed by atoms with E-state index < -0.39 is 0 Å². The first-order valence-corrected chi connectivity index (χ1v) is 7.30. The first-order chi connectivity index (χ1) is 10.1. The summed E-state index contributed by atoms with van der Waals surface area (Å²) in [6, 6.07) is 9.30. The second kappa shape index (κ2) is 5.54. The van der Waals surface area contributed by atoms with E-state index in [4.69, 9.17) is 27.9 Å². The fraction of sp³-hybridized carbons (Fsp3) is 0.200. The summed E-state index contributed by atoms with van der Waals surface area (Å²) in [6.07, 6.45) is 0. The lowest BCUT2D eigenvalue weighted by molar-refractivity contribution is 0.414. The van der Waals surface area contributed by atoms with Crippen molar-refractivity contribution in [3.8, 4) is 11.4 Å². The molecular weight excluding hydrogens is 309 g/mol. The van der Waals surface area contributed by atoms with Crippen molar-refractivity contribution in [1.29, 1.82) is 0 Å². The van der Waals surface area contributed by atoms with Crippen LogP contribution in [0.25, 0.3) is 16.9 Å². The Hall–Kier alpha value is -1.78. The summed E-state index contributed by atoms with van der Waals surface area (Å²) in [4.78, 5) is 9.07. The second-order valence-corrected chi connectivity index (χ2v) is 5.28. The molecule has 0 fully saturated rings. The smallest absolute Gasteiger partial charge is 0.165 e. The summed E-state index contributed by atoms with van der Waals surface area (Å²) < 4.78 is 7.15. The minimum Gasteiger partial charge on any atom is -0.497 e. The van der Waals surface area contributed by atoms with Gasteiger partial charge in [0.1, 0.15) is 17.1 Å². The highest BCUT2D eigenvalue weighted by Crippen LogP contribution is 2.30. The van der Waals surface area contributed by atoms with E-state index in [0.717, 1.165) is 22.5 Å². The normalized spacial score (nSPS) is 11.0. The first-order valence-electron chi connectivity index (χ1n) is 6.39. The number of hydrogen-bond acceptors (Lipinski definition) is 3. The molecule has 0 radical (unpaired) electrons. The SMILES string of the molecule is COc1ccc(Cl)c(-n2c(CCl)nc3ccc(C)nc32)c1. The fourth-order valence-electron chi connectivity index (χ4n) is 2.23. The summed E-state index contributed by atoms with van der Waals surface area (Å²) in [5.74, 6) is 1.67. The van der Waals surface area contributed by atoms with Crippen LogP contribution in [0.2, 0.25) is 5.02 Å². The van der Waals surface area contributed by atoms with Crippen molar-refractivity contribution in [3.63, 3.8) is 0 Å². The highest BCUT2D eigenvalue weighted by molar-refractivity contribution is 6.32. The third kappa shape index (κ3) is 2.45. The molecule has 0 saturated carbocycles. The predicted molar refractivity (Wildman–Crippen MR) is 84.7 cm³/mol. The average molecular weight is 322 g/mol. The van der Waals surface area contributed by atoms with Crippen molar-refractivity contribution in [1.82, 2.24) is 14.5 Å². The zero-order valence-corrected chi connectivity index (χ0v) is 13.1. The molecule has 0 bridgehead atoms. The molecule has 1 aromatic carbocycles. The van der Waals surface area contributed by atoms with Crippen molar-refractivity contribution in [3.05, 3.63) is 46.9 Å². The molecule has 6 heteroatoms. The van der Waals surface area contributed by atoms with Crippen molar-refractivity contribution in [2.45, 2.75) is 12.8 Å². The maximum absolute atomic E-state index is 6.34. The third-order valence-electron chi connectivity index (χ3n) is 3.23. The number of fused-ring (bicyclic) bond motifs is 1. The molecule has 0 atom stereocenters. The van der Waals surface area contributed by atoms with Gasteiger partial charge in [0.05, 0.1) is 23.7 Å². The van der Waals surface area contributed by atoms with E-state index in [0.29, 0.717) is 16.6 Å². The van der Waals surface area contributed by atoms with Crippen LogP contribution in [0.5, 0.6) is 5.75 Å². The molecule has 2 aromatic heterocycles. The Balaban J connectivity index is 2.35. The van der Waals surface area contributed by atoms with E-state index in [1.54, 1.807) is 13.2 Å². The van der Waals surface area contributed by atoms with Crippen LogP contribution in [0.15, 0.2) is 30.3 Å². The van der Waals surface area contributed by atoms with Gasteiger partial charge in [0.15, 0.2) is 5.65 Å². The van der Waals surface area contributed by atoms with E-state index in [1.807, 2.05) is 35.8 Å². The fourth-order valence-corrected chi connectivity index (χ4v) is 2.61. The van der Waals surface area contributed by atoms with Gasteiger partial charge in [0.25, 0.3) is 0 Å². The monoisotopic (exact) mass is 321 g/mol. The van der Waals surface area contributed by atoms with Crippen molar-refractivity contribution in [2.24, 2.45) is 0 Å². The standard InChI is InChI=1S/C15H13Cl2N3O/c1-9-3-6-12-15(18-9)20(14(8-16)19-12)13-7-10(21-2)4-5-11(13)17/h3-7H,8H2,1-2H3. The Morgan fingerprint density at radius 3 is 2.71 bits per heavy atom. The summed E-state index contributed by atoms with van der Waals surface area (Å²) in [5.41, 5.74) is 3.19. The molecule has 0 aliphatic heterocycles. The second-order valence-electron chi connectivity index (χ2n) is 4.61. The van der Waals surface area contributed by atoms with Crippen molar-refractivity contribution in [2.75, 3.05) is 7.11 Å². The molecule has 0 saturated heterocycles. The van der Waals surface area contributed by atoms with E-state index in [2.05, 4.69) is 9.97 Å². The number of benzene rings is 1. The molecule has 108 valence electrons. The van der Waals surface area contributed by atoms with E-state index in [-0.39, 0.29) is 5.88 Å². The molecule has 2 heterocycles. The number of aromatic nitrogens is 3. The Morgan fingerprint density at radius 1 is 1.19 bits per heavy atom. The average Bonchev–Trinajstić information content (AvgIpc) is 2.85. The Morgan fingerprint density at radius 2 is 2.00 bits per heavy atom. The Kier molecular flexibility index (Phi) is 3.74. The van der Waals surface area contributed by atoms with Gasteiger partial charge in [-0.3, -0.25) is 4.57 Å². The molecule has 21 heavy (non-hydrogen) atoms. The maximum Gasteiger partial charge on any atom is 0.165 e. The number of pyridine rings is 1. The van der Waals surface area contributed by atoms with Crippen LogP contribution >= 0.6 is 23.2 Å². The number of aryl methyl sites for hydroxylation is 1. The number of halogens is 2. The van der Waals surface area contributed by atoms with Crippen LogP contribution in [-0.2, 0) is 5.88 Å². The number of ether oxygens (including phenoxy) is 1. The van der Waals surface area contributed by atoms with E-state index >= 15 is 0 Å². The molecular formula is C15H13Cl2N3O. The van der Waals surface area contributed by atoms with Gasteiger partial charge in [-0.2, -0.15) is 0 Å². The van der Waals surface area contributed by atoms with Crippen LogP contribution in [0.1, 0.15) is 11.5 Å². The Bertz CT molecular complexity index is 814. The van der Waals surface area contributed by atoms with Gasteiger partial charge in [-0.25, -0.2) is 9.97 Å². The number of nitrogens with zero attached hydrogens (tertiary/aromatic N) is 3. The largest absolute Gasteiger partial charge is 0.497 e. The van der Waals surface area contributed by atoms with Gasteiger partial charge in [-0.15, -0.1) is 11.6 Å². The van der Waals surface area contributed by atoms with Crippen LogP contribution in [0.3, 0.4) is 0 Å². The summed E-state index contributed by atoms with van der Waals surface area (Å²) in [6.45, 7) is 1.93. The number of hydrogen-bond donors (Lipinski definition) is 0. The zero-order chi connectivity index (χ0) is 15.0. The number of methoxy groups -OCH3 is 1. The first kappa shape index (κ1) is 14.2. The summed E-state index contributed by atoms with van der Waals surface area (Å²) in [5, 5.41) is 0.588. The minimum atomic E-state index is 0.267. The van der Waals surface area contributed by atoms with Gasteiger partial charge in [0, 0.05) is 11.8 Å². The molecule has 3 rings (SSSR count).